The molecule has 0 saturated carbocycles. The van der Waals surface area contributed by atoms with Crippen molar-refractivity contribution in [1.29, 1.82) is 0 Å². The Labute approximate surface area is 192 Å². The van der Waals surface area contributed by atoms with Crippen LogP contribution in [-0.4, -0.2) is 23.2 Å². The van der Waals surface area contributed by atoms with E-state index in [9.17, 15) is 0 Å². The predicted molar refractivity (Wildman–Crippen MR) is 135 cm³/mol. The van der Waals surface area contributed by atoms with Crippen LogP contribution in [0.4, 0.5) is 0 Å². The third kappa shape index (κ3) is 3.42. The maximum atomic E-state index is 5.22. The molecule has 156 valence electrons. The number of nitrogens with zero attached hydrogens (tertiary/aromatic N) is 2. The molecule has 0 bridgehead atoms. The van der Waals surface area contributed by atoms with Crippen LogP contribution in [0.1, 0.15) is 22.7 Å². The van der Waals surface area contributed by atoms with Gasteiger partial charge in [-0.1, -0.05) is 103 Å². The molecule has 3 aromatic carbocycles. The Balaban J connectivity index is 1.50. The smallest absolute Gasteiger partial charge is 0.174 e. The van der Waals surface area contributed by atoms with Crippen LogP contribution < -0.4 is 5.32 Å². The van der Waals surface area contributed by atoms with Gasteiger partial charge >= 0.3 is 0 Å². The van der Waals surface area contributed by atoms with E-state index in [1.165, 1.54) is 33.5 Å². The predicted octanol–water partition coefficient (Wildman–Crippen LogP) is 6.09. The van der Waals surface area contributed by atoms with Gasteiger partial charge in [0.2, 0.25) is 0 Å². The van der Waals surface area contributed by atoms with Gasteiger partial charge in [-0.2, -0.15) is 0 Å². The molecule has 32 heavy (non-hydrogen) atoms. The van der Waals surface area contributed by atoms with Crippen molar-refractivity contribution in [3.05, 3.63) is 130 Å². The van der Waals surface area contributed by atoms with Crippen LogP contribution in [0.2, 0.25) is 0 Å². The number of nitrogens with one attached hydrogen (secondary N) is 1. The second kappa shape index (κ2) is 8.30. The monoisotopic (exact) mass is 433 g/mol. The molecule has 0 fully saturated rings. The molecule has 0 radical (unpaired) electrons. The van der Waals surface area contributed by atoms with Gasteiger partial charge in [0.05, 0.1) is 17.4 Å². The second-order valence-electron chi connectivity index (χ2n) is 8.12. The van der Waals surface area contributed by atoms with E-state index >= 15 is 0 Å². The molecule has 3 nitrogen and oxygen atoms in total. The van der Waals surface area contributed by atoms with E-state index in [4.69, 9.17) is 4.99 Å². The molecule has 0 amide bonds. The van der Waals surface area contributed by atoms with E-state index < -0.39 is 0 Å². The Morgan fingerprint density at radius 2 is 1.53 bits per heavy atom. The molecular weight excluding hydrogens is 410 g/mol. The number of hydrogen-bond acceptors (Lipinski definition) is 4. The maximum absolute atomic E-state index is 5.22. The van der Waals surface area contributed by atoms with Crippen LogP contribution in [0.15, 0.2) is 118 Å². The average molecular weight is 434 g/mol. The van der Waals surface area contributed by atoms with Crippen molar-refractivity contribution in [3.8, 4) is 0 Å². The van der Waals surface area contributed by atoms with Crippen molar-refractivity contribution >= 4 is 28.7 Å². The molecule has 3 aromatic rings. The molecule has 1 atom stereocenters. The molecule has 0 spiro atoms. The molecule has 0 aromatic heterocycles. The van der Waals surface area contributed by atoms with Gasteiger partial charge in [0, 0.05) is 18.5 Å². The summed E-state index contributed by atoms with van der Waals surface area (Å²) in [7, 11) is 0. The van der Waals surface area contributed by atoms with Gasteiger partial charge in [-0.25, -0.2) is 4.99 Å². The minimum absolute atomic E-state index is 0.118. The summed E-state index contributed by atoms with van der Waals surface area (Å²) in [5.41, 5.74) is 8.66. The van der Waals surface area contributed by atoms with Crippen LogP contribution in [0.5, 0.6) is 0 Å². The van der Waals surface area contributed by atoms with E-state index in [-0.39, 0.29) is 6.04 Å². The van der Waals surface area contributed by atoms with E-state index in [0.717, 1.165) is 24.0 Å². The van der Waals surface area contributed by atoms with E-state index in [0.29, 0.717) is 0 Å². The third-order valence-corrected chi connectivity index (χ3v) is 6.94. The van der Waals surface area contributed by atoms with E-state index in [1.807, 2.05) is 0 Å². The lowest BCUT2D eigenvalue weighted by Crippen LogP contribution is -2.40. The van der Waals surface area contributed by atoms with Crippen molar-refractivity contribution in [3.63, 3.8) is 0 Å². The van der Waals surface area contributed by atoms with Crippen LogP contribution in [0.3, 0.4) is 0 Å². The molecule has 0 aliphatic carbocycles. The van der Waals surface area contributed by atoms with Gasteiger partial charge in [0.1, 0.15) is 0 Å². The zero-order chi connectivity index (χ0) is 21.3. The molecule has 6 rings (SSSR count). The van der Waals surface area contributed by atoms with E-state index in [1.54, 1.807) is 11.8 Å². The van der Waals surface area contributed by atoms with Crippen molar-refractivity contribution in [2.45, 2.75) is 6.04 Å². The zero-order valence-electron chi connectivity index (χ0n) is 17.6. The summed E-state index contributed by atoms with van der Waals surface area (Å²) in [4.78, 5) is 7.64. The fourth-order valence-corrected chi connectivity index (χ4v) is 5.58. The quantitative estimate of drug-likeness (QED) is 0.542. The van der Waals surface area contributed by atoms with Gasteiger partial charge in [0.25, 0.3) is 0 Å². The van der Waals surface area contributed by atoms with Gasteiger partial charge in [-0.15, -0.1) is 0 Å². The highest BCUT2D eigenvalue weighted by Gasteiger charge is 2.40. The van der Waals surface area contributed by atoms with E-state index in [2.05, 4.69) is 113 Å². The van der Waals surface area contributed by atoms with Crippen LogP contribution in [-0.2, 0) is 0 Å². The highest BCUT2D eigenvalue weighted by molar-refractivity contribution is 8.16. The van der Waals surface area contributed by atoms with Gasteiger partial charge < -0.3 is 10.2 Å². The topological polar surface area (TPSA) is 27.6 Å². The van der Waals surface area contributed by atoms with Crippen LogP contribution in [0, 0.1) is 0 Å². The average Bonchev–Trinajstić information content (AvgIpc) is 3.28. The number of amidine groups is 1. The molecule has 0 saturated heterocycles. The minimum Gasteiger partial charge on any atom is -0.309 e. The Morgan fingerprint density at radius 3 is 2.28 bits per heavy atom. The Bertz CT molecular complexity index is 1260. The normalized spacial score (nSPS) is 21.2. The molecule has 4 heteroatoms. The van der Waals surface area contributed by atoms with Crippen LogP contribution in [0.25, 0.3) is 11.8 Å². The van der Waals surface area contributed by atoms with Gasteiger partial charge in [-0.3, -0.25) is 0 Å². The second-order valence-corrected chi connectivity index (χ2v) is 8.96. The fourth-order valence-electron chi connectivity index (χ4n) is 4.65. The summed E-state index contributed by atoms with van der Waals surface area (Å²) in [6.45, 7) is 1.66. The van der Waals surface area contributed by atoms with Crippen molar-refractivity contribution in [2.75, 3.05) is 13.1 Å². The lowest BCUT2D eigenvalue weighted by atomic mass is 9.88. The first-order chi connectivity index (χ1) is 15.9. The molecular formula is C28H23N3S. The largest absolute Gasteiger partial charge is 0.309 e. The lowest BCUT2D eigenvalue weighted by molar-refractivity contribution is 0.462. The Kier molecular flexibility index (Phi) is 5.02. The highest BCUT2D eigenvalue weighted by Crippen LogP contribution is 2.48. The number of rotatable bonds is 3. The molecule has 1 unspecified atom stereocenters. The van der Waals surface area contributed by atoms with Crippen molar-refractivity contribution < 1.29 is 0 Å². The summed E-state index contributed by atoms with van der Waals surface area (Å²) >= 11 is 1.72. The maximum Gasteiger partial charge on any atom is 0.174 e. The lowest BCUT2D eigenvalue weighted by Gasteiger charge is -2.40. The first-order valence-electron chi connectivity index (χ1n) is 10.9. The summed E-state index contributed by atoms with van der Waals surface area (Å²) < 4.78 is 0. The number of fused-ring (bicyclic) bond motifs is 1. The van der Waals surface area contributed by atoms with Gasteiger partial charge in [0.15, 0.2) is 5.17 Å². The van der Waals surface area contributed by atoms with Crippen LogP contribution >= 0.6 is 11.8 Å². The summed E-state index contributed by atoms with van der Waals surface area (Å²) in [5.74, 6) is 0. The Morgan fingerprint density at radius 1 is 0.844 bits per heavy atom. The summed E-state index contributed by atoms with van der Waals surface area (Å²) in [5, 5.41) is 6.94. The number of hydrogen-bond donors (Lipinski definition) is 1. The fraction of sp³-hybridized carbons (Fsp3) is 0.107. The third-order valence-electron chi connectivity index (χ3n) is 6.10. The molecule has 3 aliphatic heterocycles. The number of aliphatic imine (C=N–C) groups is 1. The molecule has 3 heterocycles. The number of thioether (sulfide) groups is 1. The Hall–Kier alpha value is -3.34. The zero-order valence-corrected chi connectivity index (χ0v) is 18.4. The highest BCUT2D eigenvalue weighted by atomic mass is 32.2. The SMILES string of the molecule is C1=C(c2ccccc2)N2C(=NC3=C(CNC/C3=C/c3ccccc3)C2c2ccccc2)S1. The van der Waals surface area contributed by atoms with Crippen molar-refractivity contribution in [1.82, 2.24) is 10.2 Å². The first kappa shape index (κ1) is 19.4. The van der Waals surface area contributed by atoms with Gasteiger partial charge in [-0.05, 0) is 33.9 Å². The number of benzene rings is 3. The minimum atomic E-state index is 0.118. The summed E-state index contributed by atoms with van der Waals surface area (Å²) in [6, 6.07) is 32.1. The standard InChI is InChI=1S/C28H23N3S/c1-4-10-20(11-5-1)16-23-17-29-18-24-26(23)30-28-31(27(24)22-14-8-3-9-15-22)25(19-32-28)21-12-6-2-7-13-21/h1-16,19,27,29H,17-18H2/b23-16-. The molecule has 3 aliphatic rings. The first-order valence-corrected chi connectivity index (χ1v) is 11.8. The summed E-state index contributed by atoms with van der Waals surface area (Å²) in [6.07, 6.45) is 2.27. The van der Waals surface area contributed by atoms with Crippen molar-refractivity contribution in [2.24, 2.45) is 4.99 Å². The molecule has 1 N–H and O–H groups in total.